The number of benzene rings is 4. The largest absolute Gasteiger partial charge is 0.350 e. The molecule has 5 rings (SSSR count). The van der Waals surface area contributed by atoms with E-state index in [4.69, 9.17) is 0 Å². The number of amides is 2. The summed E-state index contributed by atoms with van der Waals surface area (Å²) in [5.74, 6) is 0.110. The van der Waals surface area contributed by atoms with Crippen molar-refractivity contribution in [3.63, 3.8) is 0 Å². The lowest BCUT2D eigenvalue weighted by atomic mass is 9.90. The third kappa shape index (κ3) is 5.64. The lowest BCUT2D eigenvalue weighted by molar-refractivity contribution is -0.129. The van der Waals surface area contributed by atoms with Gasteiger partial charge in [0, 0.05) is 37.2 Å². The van der Waals surface area contributed by atoms with Gasteiger partial charge in [-0.15, -0.1) is 0 Å². The van der Waals surface area contributed by atoms with Crippen LogP contribution in [0.1, 0.15) is 33.8 Å². The minimum absolute atomic E-state index is 0.0373. The first-order valence-corrected chi connectivity index (χ1v) is 12.6. The maximum absolute atomic E-state index is 13.0. The molecule has 1 saturated heterocycles. The molecule has 0 saturated carbocycles. The molecule has 0 spiro atoms. The fourth-order valence-corrected chi connectivity index (χ4v) is 4.89. The molecule has 182 valence electrons. The van der Waals surface area contributed by atoms with Crippen molar-refractivity contribution >= 4 is 22.6 Å². The van der Waals surface area contributed by atoms with Gasteiger partial charge in [-0.25, -0.2) is 0 Å². The molecule has 2 N–H and O–H groups in total. The van der Waals surface area contributed by atoms with Crippen molar-refractivity contribution in [3.05, 3.63) is 120 Å². The molecule has 0 bridgehead atoms. The minimum atomic E-state index is -0.0943. The first-order chi connectivity index (χ1) is 17.7. The second kappa shape index (κ2) is 11.2. The van der Waals surface area contributed by atoms with Crippen LogP contribution < -0.4 is 10.6 Å². The van der Waals surface area contributed by atoms with Gasteiger partial charge < -0.3 is 15.5 Å². The van der Waals surface area contributed by atoms with Crippen LogP contribution in [0, 0.1) is 0 Å². The van der Waals surface area contributed by atoms with E-state index in [-0.39, 0.29) is 30.3 Å². The summed E-state index contributed by atoms with van der Waals surface area (Å²) >= 11 is 0. The van der Waals surface area contributed by atoms with Crippen molar-refractivity contribution in [2.45, 2.75) is 18.4 Å². The van der Waals surface area contributed by atoms with Crippen LogP contribution in [0.5, 0.6) is 0 Å². The van der Waals surface area contributed by atoms with Gasteiger partial charge in [-0.3, -0.25) is 9.59 Å². The molecule has 0 aromatic heterocycles. The monoisotopic (exact) mass is 477 g/mol. The van der Waals surface area contributed by atoms with Crippen molar-refractivity contribution < 1.29 is 9.59 Å². The standard InChI is InChI=1S/C31H31N3O2/c35-30-21-32-28(20-33-31(36)27-16-15-23-9-7-8-14-26(23)19-27)17-18-34(30)22-29(24-10-3-1-4-11-24)25-12-5-2-6-13-25/h1-16,19,28-29,32H,17-18,20-22H2,(H,33,36)/t28-/m0/s1. The molecule has 0 aliphatic carbocycles. The van der Waals surface area contributed by atoms with E-state index < -0.39 is 0 Å². The Labute approximate surface area is 212 Å². The number of hydrogen-bond donors (Lipinski definition) is 2. The SMILES string of the molecule is O=C(NC[C@@H]1CCN(CC(c2ccccc2)c2ccccc2)C(=O)CN1)c1ccc2ccccc2c1. The van der Waals surface area contributed by atoms with Gasteiger partial charge in [-0.05, 0) is 40.5 Å². The lowest BCUT2D eigenvalue weighted by Gasteiger charge is -2.27. The first kappa shape index (κ1) is 23.8. The highest BCUT2D eigenvalue weighted by Crippen LogP contribution is 2.26. The molecule has 1 atom stereocenters. The number of nitrogens with zero attached hydrogens (tertiary/aromatic N) is 1. The molecule has 2 amide bonds. The molecule has 4 aromatic rings. The molecular formula is C31H31N3O2. The molecule has 1 fully saturated rings. The summed E-state index contributed by atoms with van der Waals surface area (Å²) in [6.07, 6.45) is 0.778. The second-order valence-corrected chi connectivity index (χ2v) is 9.35. The van der Waals surface area contributed by atoms with E-state index in [2.05, 4.69) is 34.9 Å². The Bertz CT molecular complexity index is 1280. The topological polar surface area (TPSA) is 61.4 Å². The van der Waals surface area contributed by atoms with Crippen LogP contribution in [0.4, 0.5) is 0 Å². The van der Waals surface area contributed by atoms with Crippen molar-refractivity contribution in [2.75, 3.05) is 26.2 Å². The Morgan fingerprint density at radius 1 is 0.861 bits per heavy atom. The van der Waals surface area contributed by atoms with Gasteiger partial charge in [0.2, 0.25) is 5.91 Å². The quantitative estimate of drug-likeness (QED) is 0.409. The molecule has 5 heteroatoms. The van der Waals surface area contributed by atoms with Gasteiger partial charge in [-0.2, -0.15) is 0 Å². The summed E-state index contributed by atoms with van der Waals surface area (Å²) in [6, 6.07) is 34.5. The predicted molar refractivity (Wildman–Crippen MR) is 144 cm³/mol. The minimum Gasteiger partial charge on any atom is -0.350 e. The van der Waals surface area contributed by atoms with E-state index in [1.54, 1.807) is 0 Å². The summed E-state index contributed by atoms with van der Waals surface area (Å²) in [6.45, 7) is 2.03. The molecule has 4 aromatic carbocycles. The van der Waals surface area contributed by atoms with Crippen molar-refractivity contribution in [2.24, 2.45) is 0 Å². The highest BCUT2D eigenvalue weighted by molar-refractivity contribution is 5.98. The van der Waals surface area contributed by atoms with E-state index in [0.717, 1.165) is 17.2 Å². The van der Waals surface area contributed by atoms with E-state index in [0.29, 0.717) is 25.2 Å². The number of nitrogens with one attached hydrogen (secondary N) is 2. The lowest BCUT2D eigenvalue weighted by Crippen LogP contribution is -2.42. The van der Waals surface area contributed by atoms with Crippen molar-refractivity contribution in [3.8, 4) is 0 Å². The fourth-order valence-electron chi connectivity index (χ4n) is 4.89. The summed E-state index contributed by atoms with van der Waals surface area (Å²) in [7, 11) is 0. The number of rotatable bonds is 7. The number of carbonyl (C=O) groups excluding carboxylic acids is 2. The van der Waals surface area contributed by atoms with Crippen LogP contribution in [0.25, 0.3) is 10.8 Å². The molecular weight excluding hydrogens is 446 g/mol. The average molecular weight is 478 g/mol. The molecule has 0 unspecified atom stereocenters. The third-order valence-electron chi connectivity index (χ3n) is 6.97. The fraction of sp³-hybridized carbons (Fsp3) is 0.226. The number of carbonyl (C=O) groups is 2. The van der Waals surface area contributed by atoms with Crippen molar-refractivity contribution in [1.82, 2.24) is 15.5 Å². The molecule has 1 heterocycles. The normalized spacial score (nSPS) is 16.2. The zero-order valence-electron chi connectivity index (χ0n) is 20.3. The third-order valence-corrected chi connectivity index (χ3v) is 6.97. The van der Waals surface area contributed by atoms with Crippen LogP contribution in [0.3, 0.4) is 0 Å². The highest BCUT2D eigenvalue weighted by atomic mass is 16.2. The molecule has 0 radical (unpaired) electrons. The zero-order chi connectivity index (χ0) is 24.7. The summed E-state index contributed by atoms with van der Waals surface area (Å²) in [5.41, 5.74) is 3.05. The van der Waals surface area contributed by atoms with Crippen LogP contribution in [-0.4, -0.2) is 48.9 Å². The smallest absolute Gasteiger partial charge is 0.251 e. The first-order valence-electron chi connectivity index (χ1n) is 12.6. The molecule has 5 nitrogen and oxygen atoms in total. The van der Waals surface area contributed by atoms with Crippen LogP contribution in [0.2, 0.25) is 0 Å². The van der Waals surface area contributed by atoms with E-state index >= 15 is 0 Å². The molecule has 1 aliphatic heterocycles. The Balaban J connectivity index is 1.21. The summed E-state index contributed by atoms with van der Waals surface area (Å²) < 4.78 is 0. The van der Waals surface area contributed by atoms with Gasteiger partial charge in [-0.1, -0.05) is 91.0 Å². The predicted octanol–water partition coefficient (Wildman–Crippen LogP) is 4.59. The maximum atomic E-state index is 13.0. The Morgan fingerprint density at radius 3 is 2.19 bits per heavy atom. The molecule has 1 aliphatic rings. The Kier molecular flexibility index (Phi) is 7.39. The average Bonchev–Trinajstić information content (AvgIpc) is 3.11. The maximum Gasteiger partial charge on any atom is 0.251 e. The van der Waals surface area contributed by atoms with Crippen molar-refractivity contribution in [1.29, 1.82) is 0 Å². The van der Waals surface area contributed by atoms with Gasteiger partial charge >= 0.3 is 0 Å². The summed E-state index contributed by atoms with van der Waals surface area (Å²) in [4.78, 5) is 27.8. The van der Waals surface area contributed by atoms with Gasteiger partial charge in [0.1, 0.15) is 0 Å². The Hall–Kier alpha value is -3.96. The van der Waals surface area contributed by atoms with Crippen LogP contribution >= 0.6 is 0 Å². The van der Waals surface area contributed by atoms with Gasteiger partial charge in [0.25, 0.3) is 5.91 Å². The van der Waals surface area contributed by atoms with Crippen LogP contribution in [-0.2, 0) is 4.79 Å². The number of fused-ring (bicyclic) bond motifs is 1. The van der Waals surface area contributed by atoms with Crippen LogP contribution in [0.15, 0.2) is 103 Å². The van der Waals surface area contributed by atoms with E-state index in [1.165, 1.54) is 11.1 Å². The molecule has 36 heavy (non-hydrogen) atoms. The highest BCUT2D eigenvalue weighted by Gasteiger charge is 2.26. The summed E-state index contributed by atoms with van der Waals surface area (Å²) in [5, 5.41) is 8.56. The van der Waals surface area contributed by atoms with Gasteiger partial charge in [0.15, 0.2) is 0 Å². The number of hydrogen-bond acceptors (Lipinski definition) is 3. The second-order valence-electron chi connectivity index (χ2n) is 9.35. The zero-order valence-corrected chi connectivity index (χ0v) is 20.3. The van der Waals surface area contributed by atoms with E-state index in [9.17, 15) is 9.59 Å². The van der Waals surface area contributed by atoms with E-state index in [1.807, 2.05) is 83.8 Å². The Morgan fingerprint density at radius 2 is 1.50 bits per heavy atom. The van der Waals surface area contributed by atoms with Gasteiger partial charge in [0.05, 0.1) is 6.54 Å².